The van der Waals surface area contributed by atoms with E-state index in [4.69, 9.17) is 31.4 Å². The van der Waals surface area contributed by atoms with Crippen LogP contribution in [0.15, 0.2) is 0 Å². The second-order valence-corrected chi connectivity index (χ2v) is 18.5. The minimum Gasteiger partial charge on any atom is -0.378 e. The average Bonchev–Trinajstić information content (AvgIpc) is 3.50. The molecule has 7 N–H and O–H groups in total. The van der Waals surface area contributed by atoms with E-state index in [1.54, 1.807) is 0 Å². The molecule has 4 fully saturated rings. The highest BCUT2D eigenvalue weighted by Crippen LogP contribution is 2.69. The number of hydrogen-bond donors (Lipinski definition) is 4. The van der Waals surface area contributed by atoms with Crippen molar-refractivity contribution >= 4 is 0 Å². The van der Waals surface area contributed by atoms with Gasteiger partial charge in [0, 0.05) is 25.2 Å². The van der Waals surface area contributed by atoms with Gasteiger partial charge >= 0.3 is 0 Å². The van der Waals surface area contributed by atoms with Gasteiger partial charge in [-0.3, -0.25) is 0 Å². The van der Waals surface area contributed by atoms with Crippen LogP contribution in [0, 0.1) is 46.3 Å². The molecule has 0 aromatic heterocycles. The second kappa shape index (κ2) is 23.7. The molecule has 0 radical (unpaired) electrons. The van der Waals surface area contributed by atoms with Gasteiger partial charge in [0.1, 0.15) is 0 Å². The highest BCUT2D eigenvalue weighted by molar-refractivity contribution is 5.15. The number of fused-ring (bicyclic) bond motifs is 5. The van der Waals surface area contributed by atoms with E-state index in [1.807, 2.05) is 0 Å². The fraction of sp³-hybridized carbons (Fsp3) is 1.00. The van der Waals surface area contributed by atoms with Gasteiger partial charge in [-0.1, -0.05) is 85.5 Å². The van der Waals surface area contributed by atoms with Crippen molar-refractivity contribution in [2.45, 2.75) is 187 Å². The Morgan fingerprint density at radius 1 is 0.654 bits per heavy atom. The van der Waals surface area contributed by atoms with Crippen molar-refractivity contribution in [3.05, 3.63) is 0 Å². The van der Waals surface area contributed by atoms with E-state index in [1.165, 1.54) is 122 Å². The second-order valence-electron chi connectivity index (χ2n) is 18.5. The fourth-order valence-corrected chi connectivity index (χ4v) is 12.2. The van der Waals surface area contributed by atoms with E-state index in [2.05, 4.69) is 33.0 Å². The third-order valence-electron chi connectivity index (χ3n) is 15.2. The van der Waals surface area contributed by atoms with Crippen molar-refractivity contribution in [3.8, 4) is 0 Å². The summed E-state index contributed by atoms with van der Waals surface area (Å²) < 4.78 is 20.4. The van der Waals surface area contributed by atoms with E-state index in [-0.39, 0.29) is 5.41 Å². The molecule has 7 heteroatoms. The summed E-state index contributed by atoms with van der Waals surface area (Å²) in [5.41, 5.74) is 18.3. The zero-order chi connectivity index (χ0) is 37.2. The van der Waals surface area contributed by atoms with Gasteiger partial charge < -0.3 is 36.7 Å². The van der Waals surface area contributed by atoms with Gasteiger partial charge in [-0.05, 0) is 157 Å². The van der Waals surface area contributed by atoms with Gasteiger partial charge in [0.25, 0.3) is 0 Å². The highest BCUT2D eigenvalue weighted by atomic mass is 16.5. The lowest BCUT2D eigenvalue weighted by Crippen LogP contribution is -2.63. The molecule has 0 amide bonds. The molecule has 7 nitrogen and oxygen atoms in total. The third-order valence-corrected chi connectivity index (χ3v) is 15.2. The van der Waals surface area contributed by atoms with E-state index in [9.17, 15) is 0 Å². The number of nitrogens with two attached hydrogens (primary N) is 3. The Kier molecular flexibility index (Phi) is 20.3. The van der Waals surface area contributed by atoms with Crippen molar-refractivity contribution < 1.29 is 14.2 Å². The van der Waals surface area contributed by atoms with Crippen LogP contribution in [0.5, 0.6) is 0 Å². The van der Waals surface area contributed by atoms with Crippen molar-refractivity contribution in [2.75, 3.05) is 52.5 Å². The highest BCUT2D eigenvalue weighted by Gasteiger charge is 2.66. The molecule has 0 aliphatic heterocycles. The molecule has 4 aliphatic rings. The van der Waals surface area contributed by atoms with Crippen LogP contribution in [-0.4, -0.2) is 70.9 Å². The van der Waals surface area contributed by atoms with Crippen LogP contribution in [0.3, 0.4) is 0 Å². The van der Waals surface area contributed by atoms with Gasteiger partial charge in [-0.25, -0.2) is 0 Å². The van der Waals surface area contributed by atoms with Gasteiger partial charge in [-0.15, -0.1) is 0 Å². The first-order valence-electron chi connectivity index (χ1n) is 23.0. The van der Waals surface area contributed by atoms with Gasteiger partial charge in [0.15, 0.2) is 0 Å². The van der Waals surface area contributed by atoms with Crippen LogP contribution in [-0.2, 0) is 14.2 Å². The molecule has 52 heavy (non-hydrogen) atoms. The fourth-order valence-electron chi connectivity index (χ4n) is 12.2. The number of nitrogens with one attached hydrogen (secondary N) is 1. The molecule has 4 saturated carbocycles. The number of ether oxygens (including phenoxy) is 3. The Morgan fingerprint density at radius 2 is 1.27 bits per heavy atom. The lowest BCUT2D eigenvalue weighted by molar-refractivity contribution is -0.227. The molecule has 11 atom stereocenters. The summed E-state index contributed by atoms with van der Waals surface area (Å²) in [4.78, 5) is 0. The molecule has 0 spiro atoms. The summed E-state index contributed by atoms with van der Waals surface area (Å²) in [5, 5.41) is 3.80. The molecule has 4 aliphatic carbocycles. The molecular formula is C45H88N4O3. The van der Waals surface area contributed by atoms with Gasteiger partial charge in [-0.2, -0.15) is 0 Å². The molecule has 0 bridgehead atoms. The topological polar surface area (TPSA) is 118 Å². The standard InChI is InChI=1S/C45H88N4O3/c1-5-6-7-8-9-10-11-12-13-14-27-49-28-15-19-35(2)38-20-21-39-43-40(34-42(45(38,39)4)52-31-18-26-48)44(3)23-22-37(50-29-16-24-46)32-36(44)33-41(43)51-30-17-25-47/h35-43,49H,5-34,46-48H2,1-4H3/t35?,36?,37-,38-,39+,40+,41-,42+,43?,44+,45-/m1/s1. The van der Waals surface area contributed by atoms with Crippen molar-refractivity contribution in [1.82, 2.24) is 5.32 Å². The van der Waals surface area contributed by atoms with E-state index < -0.39 is 0 Å². The minimum atomic E-state index is 0.180. The zero-order valence-electron chi connectivity index (χ0n) is 34.9. The number of rotatable bonds is 28. The minimum absolute atomic E-state index is 0.180. The largest absolute Gasteiger partial charge is 0.378 e. The number of unbranched alkanes of at least 4 members (excludes halogenated alkanes) is 9. The Bertz CT molecular complexity index is 940. The smallest absolute Gasteiger partial charge is 0.0637 e. The summed E-state index contributed by atoms with van der Waals surface area (Å²) in [6.45, 7) is 17.0. The van der Waals surface area contributed by atoms with Crippen LogP contribution in [0.2, 0.25) is 0 Å². The van der Waals surface area contributed by atoms with Crippen molar-refractivity contribution in [1.29, 1.82) is 0 Å². The van der Waals surface area contributed by atoms with E-state index >= 15 is 0 Å². The summed E-state index contributed by atoms with van der Waals surface area (Å²) in [6.07, 6.45) is 29.1. The summed E-state index contributed by atoms with van der Waals surface area (Å²) in [7, 11) is 0. The summed E-state index contributed by atoms with van der Waals surface area (Å²) >= 11 is 0. The Morgan fingerprint density at radius 3 is 1.94 bits per heavy atom. The third kappa shape index (κ3) is 11.9. The molecular weight excluding hydrogens is 645 g/mol. The first-order chi connectivity index (χ1) is 25.3. The Labute approximate surface area is 322 Å². The van der Waals surface area contributed by atoms with Crippen LogP contribution in [0.25, 0.3) is 0 Å². The monoisotopic (exact) mass is 733 g/mol. The molecule has 0 aromatic carbocycles. The predicted molar refractivity (Wildman–Crippen MR) is 219 cm³/mol. The van der Waals surface area contributed by atoms with Crippen LogP contribution < -0.4 is 22.5 Å². The molecule has 3 unspecified atom stereocenters. The van der Waals surface area contributed by atoms with Gasteiger partial charge in [0.05, 0.1) is 18.3 Å². The summed E-state index contributed by atoms with van der Waals surface area (Å²) in [6, 6.07) is 0. The average molecular weight is 733 g/mol. The first kappa shape index (κ1) is 44.4. The molecule has 4 rings (SSSR count). The van der Waals surface area contributed by atoms with Gasteiger partial charge in [0.2, 0.25) is 0 Å². The first-order valence-corrected chi connectivity index (χ1v) is 23.0. The number of hydrogen-bond acceptors (Lipinski definition) is 7. The lowest BCUT2D eigenvalue weighted by atomic mass is 9.43. The maximum Gasteiger partial charge on any atom is 0.0637 e. The maximum atomic E-state index is 7.06. The van der Waals surface area contributed by atoms with Crippen LogP contribution in [0.1, 0.15) is 169 Å². The molecule has 0 aromatic rings. The Balaban J connectivity index is 1.36. The maximum absolute atomic E-state index is 7.06. The SMILES string of the molecule is CCCCCCCCCCCCNCCCC(C)[C@H]1CC[C@H]2C3[C@H](OCCCN)CC4C[C@H](OCCCN)CC[C@]4(C)[C@H]3C[C@H](OCCCN)[C@]12C. The van der Waals surface area contributed by atoms with E-state index in [0.29, 0.717) is 78.9 Å². The zero-order valence-corrected chi connectivity index (χ0v) is 34.9. The molecule has 306 valence electrons. The van der Waals surface area contributed by atoms with E-state index in [0.717, 1.165) is 52.0 Å². The van der Waals surface area contributed by atoms with Crippen LogP contribution >= 0.6 is 0 Å². The van der Waals surface area contributed by atoms with Crippen molar-refractivity contribution in [2.24, 2.45) is 63.5 Å². The predicted octanol–water partition coefficient (Wildman–Crippen LogP) is 8.99. The van der Waals surface area contributed by atoms with Crippen molar-refractivity contribution in [3.63, 3.8) is 0 Å². The molecule has 0 heterocycles. The quantitative estimate of drug-likeness (QED) is 0.0594. The Hall–Kier alpha value is -0.280. The summed E-state index contributed by atoms with van der Waals surface area (Å²) in [5.74, 6) is 3.92. The van der Waals surface area contributed by atoms with Crippen LogP contribution in [0.4, 0.5) is 0 Å². The normalized spacial score (nSPS) is 34.9. The molecule has 0 saturated heterocycles. The lowest BCUT2D eigenvalue weighted by Gasteiger charge is -2.65.